The Labute approximate surface area is 158 Å². The van der Waals surface area contributed by atoms with Crippen molar-refractivity contribution >= 4 is 11.9 Å². The van der Waals surface area contributed by atoms with Crippen molar-refractivity contribution in [1.29, 1.82) is 0 Å². The zero-order valence-corrected chi connectivity index (χ0v) is 16.4. The van der Waals surface area contributed by atoms with Gasteiger partial charge in [0.2, 0.25) is 0 Å². The minimum atomic E-state index is -1.22. The second kappa shape index (κ2) is 7.74. The molecule has 0 radical (unpaired) electrons. The maximum atomic E-state index is 14.2. The first-order chi connectivity index (χ1) is 12.4. The lowest BCUT2D eigenvalue weighted by Gasteiger charge is -2.37. The fraction of sp³-hybridized carbons (Fsp3) is 0.600. The number of carboxylic acid groups (broad SMARTS) is 1. The zero-order chi connectivity index (χ0) is 20.4. The van der Waals surface area contributed by atoms with Gasteiger partial charge in [-0.1, -0.05) is 0 Å². The van der Waals surface area contributed by atoms with Crippen LogP contribution in [0.5, 0.6) is 11.5 Å². The number of ether oxygens (including phenoxy) is 3. The van der Waals surface area contributed by atoms with Crippen LogP contribution in [-0.4, -0.2) is 35.9 Å². The molecule has 1 saturated carbocycles. The van der Waals surface area contributed by atoms with Crippen molar-refractivity contribution in [3.8, 4) is 11.5 Å². The van der Waals surface area contributed by atoms with Gasteiger partial charge in [0.15, 0.2) is 11.6 Å². The number of benzene rings is 1. The van der Waals surface area contributed by atoms with Crippen molar-refractivity contribution < 1.29 is 33.3 Å². The molecule has 27 heavy (non-hydrogen) atoms. The highest BCUT2D eigenvalue weighted by Crippen LogP contribution is 2.40. The number of hydrogen-bond acceptors (Lipinski definition) is 5. The third-order valence-corrected chi connectivity index (χ3v) is 4.71. The third kappa shape index (κ3) is 5.11. The second-order valence-corrected chi connectivity index (χ2v) is 8.17. The number of halogens is 1. The van der Waals surface area contributed by atoms with Crippen LogP contribution in [-0.2, 0) is 9.53 Å². The molecule has 1 aliphatic carbocycles. The van der Waals surface area contributed by atoms with E-state index in [1.807, 2.05) is 27.7 Å². The molecule has 1 fully saturated rings. The van der Waals surface area contributed by atoms with Crippen LogP contribution < -0.4 is 9.47 Å². The van der Waals surface area contributed by atoms with Gasteiger partial charge in [-0.05, 0) is 53.4 Å². The van der Waals surface area contributed by atoms with Gasteiger partial charge in [0.25, 0.3) is 0 Å². The van der Waals surface area contributed by atoms with E-state index in [2.05, 4.69) is 0 Å². The average Bonchev–Trinajstić information content (AvgIpc) is 2.56. The summed E-state index contributed by atoms with van der Waals surface area (Å²) in [4.78, 5) is 23.7. The SMILES string of the molecule is COc1cc(F)c(O[C@H]2CC[C@@](C)(C(=O)OC(C)(C)C)CC2)cc1C(=O)O. The Hall–Kier alpha value is -2.31. The fourth-order valence-corrected chi connectivity index (χ4v) is 3.09. The molecule has 6 nitrogen and oxygen atoms in total. The van der Waals surface area contributed by atoms with Crippen LogP contribution >= 0.6 is 0 Å². The number of carbonyl (C=O) groups is 2. The molecule has 1 aliphatic rings. The summed E-state index contributed by atoms with van der Waals surface area (Å²) in [6.45, 7) is 7.36. The van der Waals surface area contributed by atoms with E-state index in [-0.39, 0.29) is 29.1 Å². The van der Waals surface area contributed by atoms with Crippen LogP contribution in [0.2, 0.25) is 0 Å². The molecule has 2 rings (SSSR count). The largest absolute Gasteiger partial charge is 0.496 e. The molecule has 0 spiro atoms. The Bertz CT molecular complexity index is 714. The quantitative estimate of drug-likeness (QED) is 0.769. The minimum Gasteiger partial charge on any atom is -0.496 e. The van der Waals surface area contributed by atoms with Gasteiger partial charge in [0.05, 0.1) is 18.6 Å². The van der Waals surface area contributed by atoms with Gasteiger partial charge in [-0.2, -0.15) is 0 Å². The molecule has 1 aromatic carbocycles. The number of methoxy groups -OCH3 is 1. The number of aromatic carboxylic acids is 1. The van der Waals surface area contributed by atoms with Gasteiger partial charge < -0.3 is 19.3 Å². The monoisotopic (exact) mass is 382 g/mol. The second-order valence-electron chi connectivity index (χ2n) is 8.17. The number of esters is 1. The van der Waals surface area contributed by atoms with E-state index in [9.17, 15) is 19.1 Å². The van der Waals surface area contributed by atoms with Crippen LogP contribution in [0.3, 0.4) is 0 Å². The molecule has 0 atom stereocenters. The summed E-state index contributed by atoms with van der Waals surface area (Å²) in [6.07, 6.45) is 1.89. The molecule has 0 bridgehead atoms. The Kier molecular flexibility index (Phi) is 6.02. The smallest absolute Gasteiger partial charge is 0.339 e. The Morgan fingerprint density at radius 2 is 1.78 bits per heavy atom. The maximum Gasteiger partial charge on any atom is 0.339 e. The molecule has 0 aromatic heterocycles. The van der Waals surface area contributed by atoms with E-state index in [4.69, 9.17) is 14.2 Å². The van der Waals surface area contributed by atoms with E-state index in [1.54, 1.807) is 0 Å². The molecular weight excluding hydrogens is 355 g/mol. The van der Waals surface area contributed by atoms with Gasteiger partial charge in [-0.3, -0.25) is 4.79 Å². The van der Waals surface area contributed by atoms with Crippen molar-refractivity contribution in [3.05, 3.63) is 23.5 Å². The van der Waals surface area contributed by atoms with Gasteiger partial charge in [-0.25, -0.2) is 9.18 Å². The van der Waals surface area contributed by atoms with Crippen molar-refractivity contribution in [2.45, 2.75) is 65.1 Å². The summed E-state index contributed by atoms with van der Waals surface area (Å²) in [6, 6.07) is 2.14. The normalized spacial score (nSPS) is 22.8. The van der Waals surface area contributed by atoms with Gasteiger partial charge >= 0.3 is 11.9 Å². The molecule has 0 unspecified atom stereocenters. The van der Waals surface area contributed by atoms with Crippen molar-refractivity contribution in [1.82, 2.24) is 0 Å². The van der Waals surface area contributed by atoms with Crippen molar-refractivity contribution in [2.24, 2.45) is 5.41 Å². The molecule has 7 heteroatoms. The minimum absolute atomic E-state index is 0.0616. The first-order valence-corrected chi connectivity index (χ1v) is 8.96. The summed E-state index contributed by atoms with van der Waals surface area (Å²) in [5.41, 5.74) is -1.31. The third-order valence-electron chi connectivity index (χ3n) is 4.71. The zero-order valence-electron chi connectivity index (χ0n) is 16.4. The molecule has 150 valence electrons. The highest BCUT2D eigenvalue weighted by molar-refractivity contribution is 5.91. The number of carbonyl (C=O) groups excluding carboxylic acids is 1. The first-order valence-electron chi connectivity index (χ1n) is 8.96. The van der Waals surface area contributed by atoms with Crippen LogP contribution in [0.1, 0.15) is 63.7 Å². The van der Waals surface area contributed by atoms with Gasteiger partial charge in [-0.15, -0.1) is 0 Å². The van der Waals surface area contributed by atoms with Crippen molar-refractivity contribution in [3.63, 3.8) is 0 Å². The fourth-order valence-electron chi connectivity index (χ4n) is 3.09. The van der Waals surface area contributed by atoms with Crippen molar-refractivity contribution in [2.75, 3.05) is 7.11 Å². The summed E-state index contributed by atoms with van der Waals surface area (Å²) in [5, 5.41) is 9.23. The van der Waals surface area contributed by atoms with Crippen LogP contribution in [0.25, 0.3) is 0 Å². The lowest BCUT2D eigenvalue weighted by Crippen LogP contribution is -2.40. The molecule has 1 N–H and O–H groups in total. The van der Waals surface area contributed by atoms with Crippen LogP contribution in [0.4, 0.5) is 4.39 Å². The first kappa shape index (κ1) is 21.0. The number of carboxylic acids is 1. The molecule has 0 aliphatic heterocycles. The summed E-state index contributed by atoms with van der Waals surface area (Å²) < 4.78 is 30.3. The van der Waals surface area contributed by atoms with Crippen LogP contribution in [0, 0.1) is 11.2 Å². The number of hydrogen-bond donors (Lipinski definition) is 1. The van der Waals surface area contributed by atoms with Gasteiger partial charge in [0.1, 0.15) is 16.9 Å². The molecule has 1 aromatic rings. The Morgan fingerprint density at radius 3 is 2.26 bits per heavy atom. The summed E-state index contributed by atoms with van der Waals surface area (Å²) >= 11 is 0. The topological polar surface area (TPSA) is 82.1 Å². The standard InChI is InChI=1S/C20H27FO6/c1-19(2,3)27-18(24)20(4)8-6-12(7-9-20)26-16-10-13(17(22)23)15(25-5)11-14(16)21/h10-12H,6-9H2,1-5H3,(H,22,23)/t12-,20+. The van der Waals surface area contributed by atoms with Crippen LogP contribution in [0.15, 0.2) is 12.1 Å². The van der Waals surface area contributed by atoms with E-state index < -0.39 is 22.8 Å². The molecular formula is C20H27FO6. The highest BCUT2D eigenvalue weighted by Gasteiger charge is 2.41. The lowest BCUT2D eigenvalue weighted by atomic mass is 9.74. The lowest BCUT2D eigenvalue weighted by molar-refractivity contribution is -0.169. The van der Waals surface area contributed by atoms with E-state index in [0.717, 1.165) is 12.1 Å². The molecule has 0 saturated heterocycles. The average molecular weight is 382 g/mol. The summed E-state index contributed by atoms with van der Waals surface area (Å²) in [7, 11) is 1.28. The highest BCUT2D eigenvalue weighted by atomic mass is 19.1. The molecule has 0 heterocycles. The Balaban J connectivity index is 2.06. The maximum absolute atomic E-state index is 14.2. The summed E-state index contributed by atoms with van der Waals surface area (Å²) in [5.74, 6) is -2.33. The Morgan fingerprint density at radius 1 is 1.19 bits per heavy atom. The predicted molar refractivity (Wildman–Crippen MR) is 96.7 cm³/mol. The predicted octanol–water partition coefficient (Wildman–Crippen LogP) is 4.20. The van der Waals surface area contributed by atoms with Gasteiger partial charge in [0, 0.05) is 12.1 Å². The van der Waals surface area contributed by atoms with E-state index >= 15 is 0 Å². The number of rotatable bonds is 5. The van der Waals surface area contributed by atoms with E-state index in [0.29, 0.717) is 25.7 Å². The molecule has 0 amide bonds. The van der Waals surface area contributed by atoms with E-state index in [1.165, 1.54) is 7.11 Å².